The first-order valence-electron chi connectivity index (χ1n) is 4.92. The molecule has 5 heteroatoms. The van der Waals surface area contributed by atoms with Gasteiger partial charge in [-0.2, -0.15) is 0 Å². The largest absolute Gasteiger partial charge is 0.459 e. The number of benzene rings is 1. The zero-order chi connectivity index (χ0) is 12.0. The summed E-state index contributed by atoms with van der Waals surface area (Å²) in [5.74, 6) is -0.652. The monoisotopic (exact) mass is 243 g/mol. The van der Waals surface area contributed by atoms with Crippen molar-refractivity contribution in [1.82, 2.24) is 0 Å². The van der Waals surface area contributed by atoms with E-state index in [1.54, 1.807) is 24.3 Å². The van der Waals surface area contributed by atoms with E-state index in [0.717, 1.165) is 5.56 Å². The molecule has 0 heterocycles. The summed E-state index contributed by atoms with van der Waals surface area (Å²) in [5.41, 5.74) is 6.03. The first-order valence-corrected chi connectivity index (χ1v) is 5.30. The number of rotatable bonds is 5. The summed E-state index contributed by atoms with van der Waals surface area (Å²) in [6, 6.07) is 6.93. The van der Waals surface area contributed by atoms with Crippen LogP contribution in [-0.2, 0) is 16.1 Å². The van der Waals surface area contributed by atoms with Crippen molar-refractivity contribution in [2.45, 2.75) is 19.1 Å². The van der Waals surface area contributed by atoms with Crippen molar-refractivity contribution >= 4 is 17.6 Å². The fraction of sp³-hybridized carbons (Fsp3) is 0.364. The van der Waals surface area contributed by atoms with Crippen molar-refractivity contribution in [2.24, 2.45) is 5.73 Å². The minimum atomic E-state index is -1.14. The SMILES string of the molecule is NCC[C@H](O)C(=O)OCc1ccc(Cl)cc1. The molecule has 0 saturated heterocycles. The molecule has 1 aromatic carbocycles. The molecule has 1 rings (SSSR count). The van der Waals surface area contributed by atoms with Crippen LogP contribution in [-0.4, -0.2) is 23.7 Å². The number of nitrogens with two attached hydrogens (primary N) is 1. The Bertz CT molecular complexity index is 340. The van der Waals surface area contributed by atoms with E-state index in [1.807, 2.05) is 0 Å². The Balaban J connectivity index is 2.39. The van der Waals surface area contributed by atoms with Gasteiger partial charge in [0.2, 0.25) is 0 Å². The van der Waals surface area contributed by atoms with Gasteiger partial charge in [0.15, 0.2) is 6.10 Å². The molecule has 0 aliphatic carbocycles. The number of aliphatic hydroxyl groups is 1. The second kappa shape index (κ2) is 6.48. The number of carbonyl (C=O) groups is 1. The number of halogens is 1. The van der Waals surface area contributed by atoms with Crippen LogP contribution in [0.15, 0.2) is 24.3 Å². The minimum absolute atomic E-state index is 0.123. The Kier molecular flexibility index (Phi) is 5.25. The quantitative estimate of drug-likeness (QED) is 0.760. The van der Waals surface area contributed by atoms with E-state index in [9.17, 15) is 9.90 Å². The number of hydrogen-bond donors (Lipinski definition) is 2. The van der Waals surface area contributed by atoms with Crippen LogP contribution in [0.2, 0.25) is 5.02 Å². The molecule has 88 valence electrons. The highest BCUT2D eigenvalue weighted by atomic mass is 35.5. The van der Waals surface area contributed by atoms with Crippen LogP contribution in [0.5, 0.6) is 0 Å². The lowest BCUT2D eigenvalue weighted by Crippen LogP contribution is -2.25. The van der Waals surface area contributed by atoms with E-state index >= 15 is 0 Å². The molecule has 0 bridgehead atoms. The smallest absolute Gasteiger partial charge is 0.335 e. The second-order valence-corrected chi connectivity index (χ2v) is 3.76. The number of esters is 1. The van der Waals surface area contributed by atoms with Gasteiger partial charge >= 0.3 is 5.97 Å². The molecule has 0 spiro atoms. The standard InChI is InChI=1S/C11H14ClNO3/c12-9-3-1-8(2-4-9)7-16-11(15)10(14)5-6-13/h1-4,10,14H,5-7,13H2/t10-/m0/s1. The molecule has 1 aromatic rings. The van der Waals surface area contributed by atoms with E-state index < -0.39 is 12.1 Å². The van der Waals surface area contributed by atoms with Crippen LogP contribution in [0, 0.1) is 0 Å². The lowest BCUT2D eigenvalue weighted by Gasteiger charge is -2.09. The van der Waals surface area contributed by atoms with Crippen molar-refractivity contribution in [1.29, 1.82) is 0 Å². The van der Waals surface area contributed by atoms with Crippen molar-refractivity contribution in [2.75, 3.05) is 6.54 Å². The highest BCUT2D eigenvalue weighted by Gasteiger charge is 2.15. The first kappa shape index (κ1) is 13.0. The van der Waals surface area contributed by atoms with Crippen molar-refractivity contribution in [3.63, 3.8) is 0 Å². The molecule has 4 nitrogen and oxygen atoms in total. The molecule has 0 aromatic heterocycles. The summed E-state index contributed by atoms with van der Waals surface area (Å²) in [7, 11) is 0. The number of aliphatic hydroxyl groups excluding tert-OH is 1. The van der Waals surface area contributed by atoms with E-state index in [4.69, 9.17) is 22.1 Å². The van der Waals surface area contributed by atoms with E-state index in [0.29, 0.717) is 5.02 Å². The second-order valence-electron chi connectivity index (χ2n) is 3.33. The van der Waals surface area contributed by atoms with E-state index in [1.165, 1.54) is 0 Å². The molecule has 0 saturated carbocycles. The Hall–Kier alpha value is -1.10. The predicted molar refractivity (Wildman–Crippen MR) is 60.9 cm³/mol. The fourth-order valence-electron chi connectivity index (χ4n) is 1.11. The van der Waals surface area contributed by atoms with Crippen molar-refractivity contribution < 1.29 is 14.6 Å². The Morgan fingerprint density at radius 3 is 2.62 bits per heavy atom. The summed E-state index contributed by atoms with van der Waals surface area (Å²) in [4.78, 5) is 11.2. The van der Waals surface area contributed by atoms with E-state index in [2.05, 4.69) is 0 Å². The molecule has 0 aliphatic heterocycles. The van der Waals surface area contributed by atoms with Crippen LogP contribution >= 0.6 is 11.6 Å². The zero-order valence-corrected chi connectivity index (χ0v) is 9.48. The minimum Gasteiger partial charge on any atom is -0.459 e. The van der Waals surface area contributed by atoms with Crippen molar-refractivity contribution in [3.8, 4) is 0 Å². The van der Waals surface area contributed by atoms with Gasteiger partial charge < -0.3 is 15.6 Å². The Morgan fingerprint density at radius 1 is 1.44 bits per heavy atom. The summed E-state index contributed by atoms with van der Waals surface area (Å²) >= 11 is 5.70. The third-order valence-corrected chi connectivity index (χ3v) is 2.26. The molecule has 0 radical (unpaired) electrons. The zero-order valence-electron chi connectivity index (χ0n) is 8.73. The molecule has 16 heavy (non-hydrogen) atoms. The van der Waals surface area contributed by atoms with Gasteiger partial charge in [-0.25, -0.2) is 4.79 Å². The van der Waals surface area contributed by atoms with Crippen LogP contribution in [0.3, 0.4) is 0 Å². The molecule has 0 fully saturated rings. The highest BCUT2D eigenvalue weighted by Crippen LogP contribution is 2.10. The van der Waals surface area contributed by atoms with Crippen LogP contribution in [0.4, 0.5) is 0 Å². The lowest BCUT2D eigenvalue weighted by atomic mass is 10.2. The molecule has 1 atom stereocenters. The highest BCUT2D eigenvalue weighted by molar-refractivity contribution is 6.30. The Morgan fingerprint density at radius 2 is 2.06 bits per heavy atom. The molecular formula is C11H14ClNO3. The molecule has 0 unspecified atom stereocenters. The average molecular weight is 244 g/mol. The van der Waals surface area contributed by atoms with Gasteiger partial charge in [0.25, 0.3) is 0 Å². The molecule has 0 aliphatic rings. The third kappa shape index (κ3) is 4.18. The van der Waals surface area contributed by atoms with Gasteiger partial charge in [0.1, 0.15) is 6.61 Å². The maximum absolute atomic E-state index is 11.2. The summed E-state index contributed by atoms with van der Waals surface area (Å²) in [6.45, 7) is 0.370. The van der Waals surface area contributed by atoms with Gasteiger partial charge in [-0.05, 0) is 30.7 Å². The summed E-state index contributed by atoms with van der Waals surface area (Å²) < 4.78 is 4.89. The maximum Gasteiger partial charge on any atom is 0.335 e. The topological polar surface area (TPSA) is 72.5 Å². The molecule has 0 amide bonds. The fourth-order valence-corrected chi connectivity index (χ4v) is 1.23. The maximum atomic E-state index is 11.2. The van der Waals surface area contributed by atoms with Crippen molar-refractivity contribution in [3.05, 3.63) is 34.9 Å². The normalized spacial score (nSPS) is 12.2. The van der Waals surface area contributed by atoms with E-state index in [-0.39, 0.29) is 19.6 Å². The Labute approximate surface area is 99.0 Å². The third-order valence-electron chi connectivity index (χ3n) is 2.01. The average Bonchev–Trinajstić information content (AvgIpc) is 2.28. The number of ether oxygens (including phenoxy) is 1. The van der Waals surface area contributed by atoms with Gasteiger partial charge in [0, 0.05) is 5.02 Å². The van der Waals surface area contributed by atoms with Crippen LogP contribution < -0.4 is 5.73 Å². The van der Waals surface area contributed by atoms with Crippen LogP contribution in [0.1, 0.15) is 12.0 Å². The van der Waals surface area contributed by atoms with Crippen LogP contribution in [0.25, 0.3) is 0 Å². The lowest BCUT2D eigenvalue weighted by molar-refractivity contribution is -0.155. The summed E-state index contributed by atoms with van der Waals surface area (Å²) in [6.07, 6.45) is -0.934. The van der Waals surface area contributed by atoms with Gasteiger partial charge in [-0.1, -0.05) is 23.7 Å². The number of carbonyl (C=O) groups excluding carboxylic acids is 1. The first-order chi connectivity index (χ1) is 7.63. The number of hydrogen-bond acceptors (Lipinski definition) is 4. The molecular weight excluding hydrogens is 230 g/mol. The molecule has 3 N–H and O–H groups in total. The van der Waals surface area contributed by atoms with Gasteiger partial charge in [0.05, 0.1) is 0 Å². The summed E-state index contributed by atoms with van der Waals surface area (Å²) in [5, 5.41) is 9.89. The van der Waals surface area contributed by atoms with Gasteiger partial charge in [-0.15, -0.1) is 0 Å². The predicted octanol–water partition coefficient (Wildman–Crippen LogP) is 1.09. The van der Waals surface area contributed by atoms with Gasteiger partial charge in [-0.3, -0.25) is 0 Å².